The lowest BCUT2D eigenvalue weighted by atomic mass is 10.1. The molecule has 4 rings (SSSR count). The molecule has 0 aromatic heterocycles. The fourth-order valence-corrected chi connectivity index (χ4v) is 4.50. The monoisotopic (exact) mass is 438 g/mol. The van der Waals surface area contributed by atoms with Crippen LogP contribution in [0, 0.1) is 12.7 Å². The van der Waals surface area contributed by atoms with E-state index in [9.17, 15) is 17.6 Å². The number of amides is 1. The van der Waals surface area contributed by atoms with Gasteiger partial charge in [-0.15, -0.1) is 0 Å². The van der Waals surface area contributed by atoms with Crippen molar-refractivity contribution >= 4 is 21.6 Å². The summed E-state index contributed by atoms with van der Waals surface area (Å²) in [4.78, 5) is 14.9. The lowest BCUT2D eigenvalue weighted by molar-refractivity contribution is 0.0730. The summed E-state index contributed by atoms with van der Waals surface area (Å²) in [5.74, 6) is -0.480. The van der Waals surface area contributed by atoms with Crippen LogP contribution in [0.2, 0.25) is 0 Å². The fraction of sp³-hybridized carbons (Fsp3) is 0.208. The predicted molar refractivity (Wildman–Crippen MR) is 118 cm³/mol. The van der Waals surface area contributed by atoms with E-state index in [0.717, 1.165) is 24.0 Å². The Kier molecular flexibility index (Phi) is 5.78. The lowest BCUT2D eigenvalue weighted by Gasteiger charge is -2.23. The van der Waals surface area contributed by atoms with Crippen molar-refractivity contribution in [2.45, 2.75) is 37.2 Å². The number of hydrogen-bond donors (Lipinski definition) is 1. The highest BCUT2D eigenvalue weighted by molar-refractivity contribution is 7.92. The summed E-state index contributed by atoms with van der Waals surface area (Å²) < 4.78 is 41.2. The van der Waals surface area contributed by atoms with Gasteiger partial charge in [-0.05, 0) is 73.4 Å². The molecule has 5 nitrogen and oxygen atoms in total. The number of halogens is 1. The summed E-state index contributed by atoms with van der Waals surface area (Å²) >= 11 is 0. The molecule has 1 amide bonds. The first-order chi connectivity index (χ1) is 14.8. The van der Waals surface area contributed by atoms with Crippen molar-refractivity contribution in [2.24, 2.45) is 0 Å². The number of sulfonamides is 1. The Morgan fingerprint density at radius 1 is 1.00 bits per heavy atom. The van der Waals surface area contributed by atoms with Gasteiger partial charge in [-0.1, -0.05) is 30.3 Å². The maximum Gasteiger partial charge on any atom is 0.261 e. The fourth-order valence-electron chi connectivity index (χ4n) is 3.37. The quantitative estimate of drug-likeness (QED) is 0.579. The minimum absolute atomic E-state index is 0.0869. The van der Waals surface area contributed by atoms with Crippen LogP contribution in [0.3, 0.4) is 0 Å². The molecule has 3 aromatic rings. The molecule has 160 valence electrons. The Labute approximate surface area is 181 Å². The van der Waals surface area contributed by atoms with Crippen molar-refractivity contribution < 1.29 is 17.6 Å². The number of hydrogen-bond acceptors (Lipinski definition) is 3. The van der Waals surface area contributed by atoms with E-state index in [2.05, 4.69) is 4.72 Å². The van der Waals surface area contributed by atoms with Crippen molar-refractivity contribution in [1.82, 2.24) is 4.90 Å². The van der Waals surface area contributed by atoms with E-state index in [-0.39, 0.29) is 22.7 Å². The molecule has 1 aliphatic rings. The highest BCUT2D eigenvalue weighted by Crippen LogP contribution is 2.30. The first-order valence-corrected chi connectivity index (χ1v) is 11.6. The smallest absolute Gasteiger partial charge is 0.261 e. The van der Waals surface area contributed by atoms with Crippen molar-refractivity contribution in [3.8, 4) is 0 Å². The third-order valence-electron chi connectivity index (χ3n) is 5.32. The molecule has 0 spiro atoms. The Morgan fingerprint density at radius 3 is 2.26 bits per heavy atom. The van der Waals surface area contributed by atoms with Gasteiger partial charge in [-0.3, -0.25) is 9.52 Å². The van der Waals surface area contributed by atoms with Crippen molar-refractivity contribution in [3.63, 3.8) is 0 Å². The van der Waals surface area contributed by atoms with Gasteiger partial charge in [0.15, 0.2) is 0 Å². The van der Waals surface area contributed by atoms with Crippen LogP contribution in [0.5, 0.6) is 0 Å². The van der Waals surface area contributed by atoms with E-state index < -0.39 is 10.0 Å². The molecular formula is C24H23FN2O3S. The van der Waals surface area contributed by atoms with Gasteiger partial charge in [-0.25, -0.2) is 12.8 Å². The van der Waals surface area contributed by atoms with Crippen LogP contribution in [0.15, 0.2) is 77.7 Å². The van der Waals surface area contributed by atoms with Crippen LogP contribution in [-0.2, 0) is 16.6 Å². The van der Waals surface area contributed by atoms with Crippen LogP contribution < -0.4 is 4.72 Å². The molecule has 0 unspecified atom stereocenters. The van der Waals surface area contributed by atoms with Gasteiger partial charge in [0.25, 0.3) is 15.9 Å². The first kappa shape index (κ1) is 21.1. The summed E-state index contributed by atoms with van der Waals surface area (Å²) in [5.41, 5.74) is 2.60. The topological polar surface area (TPSA) is 66.5 Å². The second-order valence-electron chi connectivity index (χ2n) is 7.74. The molecule has 1 N–H and O–H groups in total. The molecule has 1 saturated carbocycles. The van der Waals surface area contributed by atoms with Gasteiger partial charge in [0.1, 0.15) is 5.82 Å². The number of carbonyl (C=O) groups is 1. The van der Waals surface area contributed by atoms with Crippen LogP contribution in [0.4, 0.5) is 10.1 Å². The van der Waals surface area contributed by atoms with E-state index in [1.54, 1.807) is 29.2 Å². The zero-order valence-corrected chi connectivity index (χ0v) is 17.9. The number of benzene rings is 3. The van der Waals surface area contributed by atoms with Gasteiger partial charge in [0, 0.05) is 18.2 Å². The van der Waals surface area contributed by atoms with Gasteiger partial charge < -0.3 is 4.90 Å². The van der Waals surface area contributed by atoms with Crippen LogP contribution >= 0.6 is 0 Å². The second kappa shape index (κ2) is 8.51. The molecule has 0 aliphatic heterocycles. The van der Waals surface area contributed by atoms with Crippen molar-refractivity contribution in [2.75, 3.05) is 4.72 Å². The summed E-state index contributed by atoms with van der Waals surface area (Å²) in [5, 5.41) is 0. The highest BCUT2D eigenvalue weighted by Gasteiger charge is 2.33. The first-order valence-electron chi connectivity index (χ1n) is 10.1. The number of carbonyl (C=O) groups excluding carboxylic acids is 1. The van der Waals surface area contributed by atoms with Crippen molar-refractivity contribution in [1.29, 1.82) is 0 Å². The average molecular weight is 439 g/mol. The molecule has 0 heterocycles. The number of aryl methyl sites for hydroxylation is 1. The minimum atomic E-state index is -3.77. The normalized spacial score (nSPS) is 13.6. The molecule has 31 heavy (non-hydrogen) atoms. The molecule has 1 aliphatic carbocycles. The average Bonchev–Trinajstić information content (AvgIpc) is 3.60. The van der Waals surface area contributed by atoms with E-state index in [4.69, 9.17) is 0 Å². The Bertz CT molecular complexity index is 1190. The number of rotatable bonds is 7. The largest absolute Gasteiger partial charge is 0.331 e. The van der Waals surface area contributed by atoms with Gasteiger partial charge in [0.2, 0.25) is 0 Å². The number of anilines is 1. The van der Waals surface area contributed by atoms with E-state index >= 15 is 0 Å². The van der Waals surface area contributed by atoms with Gasteiger partial charge in [-0.2, -0.15) is 0 Å². The minimum Gasteiger partial charge on any atom is -0.331 e. The molecule has 0 atom stereocenters. The third kappa shape index (κ3) is 4.94. The summed E-state index contributed by atoms with van der Waals surface area (Å²) in [6, 6.07) is 19.3. The number of para-hydroxylation sites is 1. The Morgan fingerprint density at radius 2 is 1.65 bits per heavy atom. The summed E-state index contributed by atoms with van der Waals surface area (Å²) in [6.45, 7) is 2.21. The zero-order valence-electron chi connectivity index (χ0n) is 17.1. The molecular weight excluding hydrogens is 415 g/mol. The summed E-state index contributed by atoms with van der Waals surface area (Å²) in [6.07, 6.45) is 1.86. The maximum atomic E-state index is 13.2. The number of nitrogens with one attached hydrogen (secondary N) is 1. The standard InChI is InChI=1S/C24H23FN2O3S/c1-17-4-2-3-5-23(17)26-31(29,30)22-14-8-19(9-15-22)24(28)27(21-12-13-21)16-18-6-10-20(25)11-7-18/h2-11,14-15,21,26H,12-13,16H2,1H3. The van der Waals surface area contributed by atoms with Crippen LogP contribution in [-0.4, -0.2) is 25.3 Å². The molecule has 0 saturated heterocycles. The molecule has 7 heteroatoms. The zero-order chi connectivity index (χ0) is 22.0. The molecule has 3 aromatic carbocycles. The number of nitrogens with zero attached hydrogens (tertiary/aromatic N) is 1. The molecule has 0 bridgehead atoms. The van der Waals surface area contributed by atoms with Crippen LogP contribution in [0.1, 0.15) is 34.3 Å². The Balaban J connectivity index is 1.51. The van der Waals surface area contributed by atoms with Gasteiger partial charge in [0.05, 0.1) is 10.6 Å². The second-order valence-corrected chi connectivity index (χ2v) is 9.42. The highest BCUT2D eigenvalue weighted by atomic mass is 32.2. The van der Waals surface area contributed by atoms with Crippen molar-refractivity contribution in [3.05, 3.63) is 95.3 Å². The SMILES string of the molecule is Cc1ccccc1NS(=O)(=O)c1ccc(C(=O)N(Cc2ccc(F)cc2)C2CC2)cc1. The Hall–Kier alpha value is -3.19. The van der Waals surface area contributed by atoms with Crippen LogP contribution in [0.25, 0.3) is 0 Å². The molecule has 1 fully saturated rings. The predicted octanol–water partition coefficient (Wildman–Crippen LogP) is 4.74. The lowest BCUT2D eigenvalue weighted by Crippen LogP contribution is -2.32. The van der Waals surface area contributed by atoms with Gasteiger partial charge >= 0.3 is 0 Å². The summed E-state index contributed by atoms with van der Waals surface area (Å²) in [7, 11) is -3.77. The van der Waals surface area contributed by atoms with E-state index in [1.807, 2.05) is 19.1 Å². The van der Waals surface area contributed by atoms with E-state index in [0.29, 0.717) is 17.8 Å². The third-order valence-corrected chi connectivity index (χ3v) is 6.70. The maximum absolute atomic E-state index is 13.2. The molecule has 0 radical (unpaired) electrons. The van der Waals surface area contributed by atoms with E-state index in [1.165, 1.54) is 36.4 Å².